The molecule has 2 aromatic carbocycles. The second kappa shape index (κ2) is 9.43. The van der Waals surface area contributed by atoms with Crippen molar-refractivity contribution < 1.29 is 19.1 Å². The Labute approximate surface area is 171 Å². The minimum Gasteiger partial charge on any atom is -0.493 e. The van der Waals surface area contributed by atoms with Crippen molar-refractivity contribution in [1.29, 1.82) is 5.26 Å². The highest BCUT2D eigenvalue weighted by Crippen LogP contribution is 2.38. The summed E-state index contributed by atoms with van der Waals surface area (Å²) in [5, 5.41) is 29.6. The number of fused-ring (bicyclic) bond motifs is 1. The molecule has 0 fully saturated rings. The third-order valence-electron chi connectivity index (χ3n) is 4.34. The highest BCUT2D eigenvalue weighted by Gasteiger charge is 2.16. The van der Waals surface area contributed by atoms with Crippen molar-refractivity contribution in [3.8, 4) is 11.9 Å². The summed E-state index contributed by atoms with van der Waals surface area (Å²) in [5.41, 5.74) is 0.916. The highest BCUT2D eigenvalue weighted by molar-refractivity contribution is 5.97. The number of hydrogen-bond acceptors (Lipinski definition) is 5. The fourth-order valence-electron chi connectivity index (χ4n) is 2.94. The number of benzene rings is 2. The lowest BCUT2D eigenvalue weighted by Crippen LogP contribution is -2.28. The summed E-state index contributed by atoms with van der Waals surface area (Å²) in [6, 6.07) is 14.2. The molecule has 8 nitrogen and oxygen atoms in total. The molecule has 0 saturated heterocycles. The van der Waals surface area contributed by atoms with Crippen LogP contribution in [0.15, 0.2) is 58.8 Å². The minimum atomic E-state index is -0.736. The van der Waals surface area contributed by atoms with E-state index < -0.39 is 24.2 Å². The van der Waals surface area contributed by atoms with Crippen LogP contribution >= 0.6 is 0 Å². The maximum absolute atomic E-state index is 13.2. The van der Waals surface area contributed by atoms with Crippen molar-refractivity contribution in [2.75, 3.05) is 6.54 Å². The summed E-state index contributed by atoms with van der Waals surface area (Å²) in [6.07, 6.45) is 0.886. The van der Waals surface area contributed by atoms with E-state index in [-0.39, 0.29) is 17.1 Å². The SMILES string of the molecule is N#CCCCn1c(O)c(N=NC(=O)CNC(=O)c2cccc(F)c2)c2ccccc21. The second-order valence-corrected chi connectivity index (χ2v) is 6.39. The number of nitrogens with one attached hydrogen (secondary N) is 1. The van der Waals surface area contributed by atoms with Gasteiger partial charge in [0.15, 0.2) is 5.69 Å². The van der Waals surface area contributed by atoms with E-state index in [9.17, 15) is 19.1 Å². The van der Waals surface area contributed by atoms with E-state index in [4.69, 9.17) is 5.26 Å². The Kier molecular flexibility index (Phi) is 6.49. The summed E-state index contributed by atoms with van der Waals surface area (Å²) < 4.78 is 14.8. The molecule has 0 saturated carbocycles. The van der Waals surface area contributed by atoms with Gasteiger partial charge in [0.25, 0.3) is 11.8 Å². The third kappa shape index (κ3) is 4.67. The number of carbonyl (C=O) groups is 2. The molecular formula is C21H18FN5O3. The van der Waals surface area contributed by atoms with Crippen molar-refractivity contribution in [1.82, 2.24) is 9.88 Å². The number of rotatable bonds is 7. The van der Waals surface area contributed by atoms with Crippen molar-refractivity contribution in [3.05, 3.63) is 59.9 Å². The van der Waals surface area contributed by atoms with Gasteiger partial charge in [0.05, 0.1) is 11.6 Å². The van der Waals surface area contributed by atoms with Gasteiger partial charge in [-0.3, -0.25) is 9.59 Å². The van der Waals surface area contributed by atoms with Crippen molar-refractivity contribution in [2.45, 2.75) is 19.4 Å². The molecule has 0 bridgehead atoms. The molecule has 2 N–H and O–H groups in total. The van der Waals surface area contributed by atoms with E-state index in [0.717, 1.165) is 6.07 Å². The number of hydrogen-bond donors (Lipinski definition) is 2. The summed E-state index contributed by atoms with van der Waals surface area (Å²) >= 11 is 0. The van der Waals surface area contributed by atoms with E-state index in [1.54, 1.807) is 28.8 Å². The van der Waals surface area contributed by atoms with Gasteiger partial charge in [-0.15, -0.1) is 10.2 Å². The Morgan fingerprint density at radius 2 is 2.00 bits per heavy atom. The van der Waals surface area contributed by atoms with Crippen LogP contribution in [-0.2, 0) is 11.3 Å². The fourth-order valence-corrected chi connectivity index (χ4v) is 2.94. The number of aryl methyl sites for hydroxylation is 1. The van der Waals surface area contributed by atoms with Gasteiger partial charge >= 0.3 is 0 Å². The lowest BCUT2D eigenvalue weighted by Gasteiger charge is -2.04. The molecule has 2 amide bonds. The van der Waals surface area contributed by atoms with Crippen LogP contribution in [0.25, 0.3) is 10.9 Å². The standard InChI is InChI=1S/C21H18FN5O3/c22-15-7-5-6-14(12-15)20(29)24-13-18(28)25-26-19-16-8-1-2-9-17(16)27(21(19)30)11-4-3-10-23/h1-2,5-9,12,30H,3-4,11,13H2,(H,24,29). The Balaban J connectivity index is 1.72. The van der Waals surface area contributed by atoms with Gasteiger partial charge in [0.1, 0.15) is 12.4 Å². The monoisotopic (exact) mass is 407 g/mol. The zero-order chi connectivity index (χ0) is 21.5. The van der Waals surface area contributed by atoms with E-state index in [1.807, 2.05) is 0 Å². The first-order valence-corrected chi connectivity index (χ1v) is 9.16. The molecule has 0 radical (unpaired) electrons. The summed E-state index contributed by atoms with van der Waals surface area (Å²) in [4.78, 5) is 24.0. The van der Waals surface area contributed by atoms with Crippen molar-refractivity contribution in [2.24, 2.45) is 10.2 Å². The molecular weight excluding hydrogens is 389 g/mol. The number of azo groups is 1. The van der Waals surface area contributed by atoms with Crippen LogP contribution in [0, 0.1) is 17.1 Å². The van der Waals surface area contributed by atoms with E-state index in [1.165, 1.54) is 18.2 Å². The van der Waals surface area contributed by atoms with Crippen LogP contribution in [0.3, 0.4) is 0 Å². The van der Waals surface area contributed by atoms with Crippen LogP contribution in [0.2, 0.25) is 0 Å². The van der Waals surface area contributed by atoms with Crippen LogP contribution in [0.1, 0.15) is 23.2 Å². The summed E-state index contributed by atoms with van der Waals surface area (Å²) in [5.74, 6) is -2.07. The third-order valence-corrected chi connectivity index (χ3v) is 4.34. The van der Waals surface area contributed by atoms with Gasteiger partial charge in [-0.1, -0.05) is 24.3 Å². The van der Waals surface area contributed by atoms with Gasteiger partial charge in [0.2, 0.25) is 5.88 Å². The Morgan fingerprint density at radius 1 is 1.20 bits per heavy atom. The van der Waals surface area contributed by atoms with Crippen LogP contribution in [0.5, 0.6) is 5.88 Å². The molecule has 0 aliphatic carbocycles. The molecule has 0 unspecified atom stereocenters. The summed E-state index contributed by atoms with van der Waals surface area (Å²) in [7, 11) is 0. The number of unbranched alkanes of at least 4 members (excludes halogenated alkanes) is 1. The minimum absolute atomic E-state index is 0.0813. The molecule has 30 heavy (non-hydrogen) atoms. The number of para-hydroxylation sites is 1. The Bertz CT molecular complexity index is 1160. The van der Waals surface area contributed by atoms with Gasteiger partial charge in [-0.25, -0.2) is 4.39 Å². The van der Waals surface area contributed by atoms with Gasteiger partial charge in [-0.2, -0.15) is 5.26 Å². The Morgan fingerprint density at radius 3 is 2.77 bits per heavy atom. The van der Waals surface area contributed by atoms with Crippen LogP contribution in [-0.4, -0.2) is 28.0 Å². The number of aromatic hydroxyl groups is 1. The first-order valence-electron chi connectivity index (χ1n) is 9.16. The molecule has 152 valence electrons. The molecule has 0 aliphatic rings. The van der Waals surface area contributed by atoms with Gasteiger partial charge in [-0.05, 0) is 30.7 Å². The number of halogens is 1. The maximum Gasteiger partial charge on any atom is 0.283 e. The molecule has 0 spiro atoms. The normalized spacial score (nSPS) is 10.9. The second-order valence-electron chi connectivity index (χ2n) is 6.39. The number of carbonyl (C=O) groups excluding carboxylic acids is 2. The van der Waals surface area contributed by atoms with Crippen molar-refractivity contribution >= 4 is 28.4 Å². The number of nitrogens with zero attached hydrogens (tertiary/aromatic N) is 4. The fraction of sp³-hybridized carbons (Fsp3) is 0.190. The van der Waals surface area contributed by atoms with Gasteiger partial charge < -0.3 is 15.0 Å². The zero-order valence-corrected chi connectivity index (χ0v) is 15.9. The maximum atomic E-state index is 13.2. The predicted molar refractivity (Wildman–Crippen MR) is 107 cm³/mol. The largest absolute Gasteiger partial charge is 0.493 e. The van der Waals surface area contributed by atoms with Gasteiger partial charge in [0, 0.05) is 23.9 Å². The first kappa shape index (κ1) is 20.7. The number of aromatic nitrogens is 1. The topological polar surface area (TPSA) is 120 Å². The average Bonchev–Trinajstić information content (AvgIpc) is 3.01. The average molecular weight is 407 g/mol. The van der Waals surface area contributed by atoms with Crippen LogP contribution < -0.4 is 5.32 Å². The Hall–Kier alpha value is -4.06. The molecule has 0 aliphatic heterocycles. The molecule has 3 rings (SSSR count). The summed E-state index contributed by atoms with van der Waals surface area (Å²) in [6.45, 7) is -0.0204. The lowest BCUT2D eigenvalue weighted by atomic mass is 10.2. The van der Waals surface area contributed by atoms with Crippen LogP contribution in [0.4, 0.5) is 10.1 Å². The molecule has 1 heterocycles. The number of nitriles is 1. The first-order chi connectivity index (χ1) is 14.5. The predicted octanol–water partition coefficient (Wildman–Crippen LogP) is 3.83. The number of amides is 2. The van der Waals surface area contributed by atoms with E-state index >= 15 is 0 Å². The smallest absolute Gasteiger partial charge is 0.283 e. The van der Waals surface area contributed by atoms with E-state index in [2.05, 4.69) is 21.6 Å². The molecule has 3 aromatic rings. The zero-order valence-electron chi connectivity index (χ0n) is 15.9. The quantitative estimate of drug-likeness (QED) is 0.457. The lowest BCUT2D eigenvalue weighted by molar-refractivity contribution is -0.117. The van der Waals surface area contributed by atoms with E-state index in [0.29, 0.717) is 30.3 Å². The molecule has 1 aromatic heterocycles. The molecule has 0 atom stereocenters. The highest BCUT2D eigenvalue weighted by atomic mass is 19.1. The molecule has 9 heteroatoms. The van der Waals surface area contributed by atoms with Crippen molar-refractivity contribution in [3.63, 3.8) is 0 Å².